The van der Waals surface area contributed by atoms with Crippen LogP contribution in [0.15, 0.2) is 30.6 Å². The van der Waals surface area contributed by atoms with E-state index in [0.29, 0.717) is 25.3 Å². The van der Waals surface area contributed by atoms with E-state index in [-0.39, 0.29) is 18.0 Å². The number of carbonyl (C=O) groups is 2. The second-order valence-corrected chi connectivity index (χ2v) is 6.09. The first-order valence-corrected chi connectivity index (χ1v) is 7.99. The van der Waals surface area contributed by atoms with Crippen LogP contribution in [-0.2, 0) is 11.3 Å². The molecule has 2 N–H and O–H groups in total. The van der Waals surface area contributed by atoms with Gasteiger partial charge in [-0.15, -0.1) is 0 Å². The van der Waals surface area contributed by atoms with Crippen molar-refractivity contribution in [2.45, 2.75) is 25.3 Å². The molecule has 3 rings (SSSR count). The van der Waals surface area contributed by atoms with Crippen molar-refractivity contribution in [1.82, 2.24) is 14.5 Å². The molecule has 1 aromatic carbocycles. The molecule has 1 saturated heterocycles. The van der Waals surface area contributed by atoms with Crippen molar-refractivity contribution in [2.75, 3.05) is 13.1 Å². The minimum Gasteiger partial charge on any atom is -0.368 e. The van der Waals surface area contributed by atoms with Gasteiger partial charge in [-0.2, -0.15) is 0 Å². The van der Waals surface area contributed by atoms with Crippen LogP contribution in [0.3, 0.4) is 0 Å². The first-order valence-electron chi connectivity index (χ1n) is 7.99. The maximum atomic E-state index is 13.9. The summed E-state index contributed by atoms with van der Waals surface area (Å²) in [6, 6.07) is 2.84. The van der Waals surface area contributed by atoms with Crippen molar-refractivity contribution in [3.63, 3.8) is 0 Å². The van der Waals surface area contributed by atoms with E-state index < -0.39 is 23.4 Å². The molecule has 2 heterocycles. The van der Waals surface area contributed by atoms with E-state index in [2.05, 4.69) is 4.98 Å². The third kappa shape index (κ3) is 3.67. The molecular weight excluding hydrogens is 330 g/mol. The molecule has 6 nitrogen and oxygen atoms in total. The quantitative estimate of drug-likeness (QED) is 0.912. The molecule has 1 aromatic heterocycles. The van der Waals surface area contributed by atoms with Gasteiger partial charge in [0.1, 0.15) is 24.0 Å². The molecule has 0 saturated carbocycles. The lowest BCUT2D eigenvalue weighted by Gasteiger charge is -2.32. The Balaban J connectivity index is 1.79. The number of hydrogen-bond donors (Lipinski definition) is 1. The van der Waals surface area contributed by atoms with Crippen LogP contribution in [0.2, 0.25) is 0 Å². The topological polar surface area (TPSA) is 81.2 Å². The molecule has 132 valence electrons. The number of primary amides is 1. The standard InChI is InChI=1S/C17H18F2N4O2/c18-12-3-4-14(19)13(8-12)17(25)23-6-1-2-11(9-23)16-21-5-7-22(16)10-15(20)24/h3-5,7-8,11H,1-2,6,9-10H2,(H2,20,24). The lowest BCUT2D eigenvalue weighted by atomic mass is 9.96. The van der Waals surface area contributed by atoms with Crippen LogP contribution in [0.5, 0.6) is 0 Å². The molecule has 25 heavy (non-hydrogen) atoms. The summed E-state index contributed by atoms with van der Waals surface area (Å²) < 4.78 is 28.9. The van der Waals surface area contributed by atoms with Crippen molar-refractivity contribution in [1.29, 1.82) is 0 Å². The third-order valence-corrected chi connectivity index (χ3v) is 4.31. The first-order chi connectivity index (χ1) is 12.0. The number of benzene rings is 1. The molecule has 2 aromatic rings. The fourth-order valence-corrected chi connectivity index (χ4v) is 3.19. The number of piperidine rings is 1. The van der Waals surface area contributed by atoms with Crippen LogP contribution in [0.25, 0.3) is 0 Å². The molecule has 2 amide bonds. The Morgan fingerprint density at radius 3 is 2.88 bits per heavy atom. The van der Waals surface area contributed by atoms with Gasteiger partial charge in [0.2, 0.25) is 5.91 Å². The van der Waals surface area contributed by atoms with Gasteiger partial charge in [-0.3, -0.25) is 9.59 Å². The number of carbonyl (C=O) groups excluding carboxylic acids is 2. The van der Waals surface area contributed by atoms with Gasteiger partial charge in [-0.05, 0) is 31.0 Å². The van der Waals surface area contributed by atoms with Crippen LogP contribution in [0, 0.1) is 11.6 Å². The zero-order chi connectivity index (χ0) is 18.0. The first kappa shape index (κ1) is 17.1. The van der Waals surface area contributed by atoms with Crippen molar-refractivity contribution in [3.05, 3.63) is 53.6 Å². The SMILES string of the molecule is NC(=O)Cn1ccnc1C1CCCN(C(=O)c2cc(F)ccc2F)C1. The molecule has 0 aliphatic carbocycles. The molecule has 0 bridgehead atoms. The van der Waals surface area contributed by atoms with Crippen molar-refractivity contribution < 1.29 is 18.4 Å². The number of imidazole rings is 1. The molecular formula is C17H18F2N4O2. The van der Waals surface area contributed by atoms with Gasteiger partial charge in [-0.25, -0.2) is 13.8 Å². The highest BCUT2D eigenvalue weighted by Crippen LogP contribution is 2.27. The fraction of sp³-hybridized carbons (Fsp3) is 0.353. The Hall–Kier alpha value is -2.77. The summed E-state index contributed by atoms with van der Waals surface area (Å²) in [5, 5.41) is 0. The molecule has 1 atom stereocenters. The zero-order valence-electron chi connectivity index (χ0n) is 13.5. The van der Waals surface area contributed by atoms with Gasteiger partial charge in [0, 0.05) is 31.4 Å². The minimum atomic E-state index is -0.747. The van der Waals surface area contributed by atoms with E-state index in [4.69, 9.17) is 5.73 Å². The Kier molecular flexibility index (Phi) is 4.78. The molecule has 0 radical (unpaired) electrons. The average molecular weight is 348 g/mol. The second-order valence-electron chi connectivity index (χ2n) is 6.09. The van der Waals surface area contributed by atoms with E-state index >= 15 is 0 Å². The van der Waals surface area contributed by atoms with Gasteiger partial charge >= 0.3 is 0 Å². The Bertz CT molecular complexity index is 806. The van der Waals surface area contributed by atoms with E-state index in [9.17, 15) is 18.4 Å². The van der Waals surface area contributed by atoms with Gasteiger partial charge in [-0.1, -0.05) is 0 Å². The highest BCUT2D eigenvalue weighted by atomic mass is 19.1. The number of nitrogens with zero attached hydrogens (tertiary/aromatic N) is 3. The molecule has 0 spiro atoms. The maximum absolute atomic E-state index is 13.9. The monoisotopic (exact) mass is 348 g/mol. The van der Waals surface area contributed by atoms with E-state index in [1.165, 1.54) is 4.90 Å². The number of amides is 2. The summed E-state index contributed by atoms with van der Waals surface area (Å²) in [6.07, 6.45) is 4.72. The molecule has 8 heteroatoms. The highest BCUT2D eigenvalue weighted by molar-refractivity contribution is 5.94. The highest BCUT2D eigenvalue weighted by Gasteiger charge is 2.29. The number of rotatable bonds is 4. The zero-order valence-corrected chi connectivity index (χ0v) is 13.5. The Morgan fingerprint density at radius 2 is 2.12 bits per heavy atom. The normalized spacial score (nSPS) is 17.5. The van der Waals surface area contributed by atoms with E-state index in [1.807, 2.05) is 0 Å². The van der Waals surface area contributed by atoms with Crippen LogP contribution in [-0.4, -0.2) is 39.4 Å². The third-order valence-electron chi connectivity index (χ3n) is 4.31. The average Bonchev–Trinajstić information content (AvgIpc) is 3.04. The number of halogens is 2. The summed E-state index contributed by atoms with van der Waals surface area (Å²) in [4.78, 5) is 29.5. The largest absolute Gasteiger partial charge is 0.368 e. The predicted molar refractivity (Wildman–Crippen MR) is 85.7 cm³/mol. The van der Waals surface area contributed by atoms with E-state index in [1.54, 1.807) is 17.0 Å². The van der Waals surface area contributed by atoms with Gasteiger partial charge in [0.05, 0.1) is 5.56 Å². The molecule has 1 aliphatic rings. The molecule has 1 unspecified atom stereocenters. The fourth-order valence-electron chi connectivity index (χ4n) is 3.19. The van der Waals surface area contributed by atoms with Crippen LogP contribution >= 0.6 is 0 Å². The van der Waals surface area contributed by atoms with Crippen LogP contribution in [0.1, 0.15) is 34.9 Å². The molecule has 1 aliphatic heterocycles. The lowest BCUT2D eigenvalue weighted by Crippen LogP contribution is -2.40. The number of aromatic nitrogens is 2. The Morgan fingerprint density at radius 1 is 1.32 bits per heavy atom. The van der Waals surface area contributed by atoms with Crippen LogP contribution < -0.4 is 5.73 Å². The lowest BCUT2D eigenvalue weighted by molar-refractivity contribution is -0.118. The van der Waals surface area contributed by atoms with Gasteiger partial charge in [0.25, 0.3) is 5.91 Å². The van der Waals surface area contributed by atoms with Gasteiger partial charge < -0.3 is 15.2 Å². The molecule has 1 fully saturated rings. The predicted octanol–water partition coefficient (Wildman–Crippen LogP) is 1.67. The maximum Gasteiger partial charge on any atom is 0.256 e. The summed E-state index contributed by atoms with van der Waals surface area (Å²) in [7, 11) is 0. The summed E-state index contributed by atoms with van der Waals surface area (Å²) in [6.45, 7) is 0.796. The summed E-state index contributed by atoms with van der Waals surface area (Å²) >= 11 is 0. The summed E-state index contributed by atoms with van der Waals surface area (Å²) in [5.41, 5.74) is 4.96. The van der Waals surface area contributed by atoms with Gasteiger partial charge in [0.15, 0.2) is 0 Å². The smallest absolute Gasteiger partial charge is 0.256 e. The number of likely N-dealkylation sites (tertiary alicyclic amines) is 1. The van der Waals surface area contributed by atoms with E-state index in [0.717, 1.165) is 24.6 Å². The number of hydrogen-bond acceptors (Lipinski definition) is 3. The van der Waals surface area contributed by atoms with Crippen molar-refractivity contribution in [3.8, 4) is 0 Å². The second kappa shape index (κ2) is 7.00. The van der Waals surface area contributed by atoms with Crippen molar-refractivity contribution >= 4 is 11.8 Å². The number of nitrogens with two attached hydrogens (primary N) is 1. The minimum absolute atomic E-state index is 0.0122. The summed E-state index contributed by atoms with van der Waals surface area (Å²) in [5.74, 6) is -1.86. The van der Waals surface area contributed by atoms with Crippen molar-refractivity contribution in [2.24, 2.45) is 5.73 Å². The van der Waals surface area contributed by atoms with Crippen LogP contribution in [0.4, 0.5) is 8.78 Å². The Labute approximate surface area is 143 Å².